The van der Waals surface area contributed by atoms with Gasteiger partial charge in [0.1, 0.15) is 6.54 Å². The maximum atomic E-state index is 12.4. The van der Waals surface area contributed by atoms with Crippen LogP contribution in [0.2, 0.25) is 0 Å². The fourth-order valence-electron chi connectivity index (χ4n) is 2.93. The Bertz CT molecular complexity index is 989. The van der Waals surface area contributed by atoms with Crippen LogP contribution in [0.5, 0.6) is 0 Å². The monoisotopic (exact) mass is 331 g/mol. The third-order valence-electron chi connectivity index (χ3n) is 4.10. The van der Waals surface area contributed by atoms with Crippen molar-refractivity contribution in [1.29, 1.82) is 0 Å². The number of rotatable bonds is 3. The number of benzene rings is 2. The number of anilines is 1. The third-order valence-corrected chi connectivity index (χ3v) is 4.10. The van der Waals surface area contributed by atoms with E-state index >= 15 is 0 Å². The highest BCUT2D eigenvalue weighted by molar-refractivity contribution is 6.22. The first-order chi connectivity index (χ1) is 12.1. The van der Waals surface area contributed by atoms with Gasteiger partial charge >= 0.3 is 0 Å². The van der Waals surface area contributed by atoms with Gasteiger partial charge in [-0.2, -0.15) is 0 Å². The minimum Gasteiger partial charge on any atom is -0.324 e. The molecule has 1 N–H and O–H groups in total. The average molecular weight is 331 g/mol. The number of aromatic nitrogens is 1. The maximum Gasteiger partial charge on any atom is 0.262 e. The van der Waals surface area contributed by atoms with Gasteiger partial charge in [0.15, 0.2) is 0 Å². The van der Waals surface area contributed by atoms with Crippen molar-refractivity contribution in [3.05, 3.63) is 71.9 Å². The van der Waals surface area contributed by atoms with E-state index in [-0.39, 0.29) is 6.54 Å². The van der Waals surface area contributed by atoms with Gasteiger partial charge in [-0.1, -0.05) is 18.2 Å². The first kappa shape index (κ1) is 15.0. The molecule has 0 atom stereocenters. The average Bonchev–Trinajstić information content (AvgIpc) is 2.87. The van der Waals surface area contributed by atoms with Crippen molar-refractivity contribution in [2.75, 3.05) is 11.9 Å². The van der Waals surface area contributed by atoms with Crippen LogP contribution in [0.3, 0.4) is 0 Å². The summed E-state index contributed by atoms with van der Waals surface area (Å²) in [5, 5.41) is 3.55. The third kappa shape index (κ3) is 2.53. The molecule has 1 aliphatic rings. The van der Waals surface area contributed by atoms with Crippen LogP contribution in [0.1, 0.15) is 20.7 Å². The van der Waals surface area contributed by atoms with Gasteiger partial charge in [0.25, 0.3) is 11.8 Å². The summed E-state index contributed by atoms with van der Waals surface area (Å²) in [6.07, 6.45) is 1.67. The van der Waals surface area contributed by atoms with Crippen LogP contribution in [-0.2, 0) is 4.79 Å². The zero-order valence-corrected chi connectivity index (χ0v) is 13.1. The lowest BCUT2D eigenvalue weighted by Gasteiger charge is -2.14. The van der Waals surface area contributed by atoms with Crippen molar-refractivity contribution in [3.63, 3.8) is 0 Å². The molecule has 25 heavy (non-hydrogen) atoms. The van der Waals surface area contributed by atoms with Crippen LogP contribution < -0.4 is 5.32 Å². The van der Waals surface area contributed by atoms with E-state index in [9.17, 15) is 14.4 Å². The largest absolute Gasteiger partial charge is 0.324 e. The number of nitrogens with one attached hydrogen (secondary N) is 1. The molecule has 0 bridgehead atoms. The lowest BCUT2D eigenvalue weighted by molar-refractivity contribution is -0.116. The van der Waals surface area contributed by atoms with Crippen molar-refractivity contribution < 1.29 is 14.4 Å². The van der Waals surface area contributed by atoms with Gasteiger partial charge in [-0.15, -0.1) is 0 Å². The van der Waals surface area contributed by atoms with Crippen molar-refractivity contribution in [3.8, 4) is 0 Å². The zero-order valence-electron chi connectivity index (χ0n) is 13.1. The highest BCUT2D eigenvalue weighted by atomic mass is 16.2. The molecule has 6 heteroatoms. The molecule has 0 saturated heterocycles. The maximum absolute atomic E-state index is 12.4. The van der Waals surface area contributed by atoms with Crippen LogP contribution in [0.4, 0.5) is 5.69 Å². The predicted octanol–water partition coefficient (Wildman–Crippen LogP) is 2.47. The molecule has 0 fully saturated rings. The number of carbonyl (C=O) groups is 3. The molecule has 1 aromatic heterocycles. The van der Waals surface area contributed by atoms with E-state index in [1.54, 1.807) is 48.7 Å². The summed E-state index contributed by atoms with van der Waals surface area (Å²) in [4.78, 5) is 42.2. The van der Waals surface area contributed by atoms with Gasteiger partial charge in [0.05, 0.1) is 22.3 Å². The highest BCUT2D eigenvalue weighted by Crippen LogP contribution is 2.24. The van der Waals surface area contributed by atoms with Gasteiger partial charge < -0.3 is 5.32 Å². The zero-order chi connectivity index (χ0) is 17.4. The molecular weight excluding hydrogens is 318 g/mol. The topological polar surface area (TPSA) is 79.4 Å². The normalized spacial score (nSPS) is 13.2. The molecular formula is C19H13N3O3. The molecule has 1 aliphatic heterocycles. The smallest absolute Gasteiger partial charge is 0.262 e. The van der Waals surface area contributed by atoms with Crippen molar-refractivity contribution >= 4 is 34.3 Å². The number of nitrogens with zero attached hydrogens (tertiary/aromatic N) is 2. The predicted molar refractivity (Wildman–Crippen MR) is 92.2 cm³/mol. The summed E-state index contributed by atoms with van der Waals surface area (Å²) >= 11 is 0. The second-order valence-electron chi connectivity index (χ2n) is 5.67. The molecule has 0 saturated carbocycles. The summed E-state index contributed by atoms with van der Waals surface area (Å²) in [6, 6.07) is 15.6. The van der Waals surface area contributed by atoms with Gasteiger partial charge in [0, 0.05) is 11.6 Å². The lowest BCUT2D eigenvalue weighted by Crippen LogP contribution is -2.37. The Kier molecular flexibility index (Phi) is 3.50. The summed E-state index contributed by atoms with van der Waals surface area (Å²) in [6.45, 7) is -0.330. The molecule has 2 heterocycles. The molecule has 0 aliphatic carbocycles. The van der Waals surface area contributed by atoms with Crippen LogP contribution in [-0.4, -0.2) is 34.2 Å². The number of carbonyl (C=O) groups excluding carboxylic acids is 3. The fourth-order valence-corrected chi connectivity index (χ4v) is 2.93. The number of hydrogen-bond donors (Lipinski definition) is 1. The molecule has 2 aromatic carbocycles. The molecule has 3 amide bonds. The first-order valence-electron chi connectivity index (χ1n) is 7.74. The molecule has 0 spiro atoms. The summed E-state index contributed by atoms with van der Waals surface area (Å²) < 4.78 is 0. The van der Waals surface area contributed by atoms with E-state index < -0.39 is 17.7 Å². The second kappa shape index (κ2) is 5.83. The Labute approximate surface area is 143 Å². The molecule has 3 aromatic rings. The van der Waals surface area contributed by atoms with Gasteiger partial charge in [-0.3, -0.25) is 24.3 Å². The Morgan fingerprint density at radius 1 is 0.920 bits per heavy atom. The number of imide groups is 1. The Morgan fingerprint density at radius 3 is 2.36 bits per heavy atom. The van der Waals surface area contributed by atoms with E-state index in [4.69, 9.17) is 0 Å². The van der Waals surface area contributed by atoms with Crippen LogP contribution in [0, 0.1) is 0 Å². The number of pyridine rings is 1. The van der Waals surface area contributed by atoms with Crippen molar-refractivity contribution in [2.24, 2.45) is 0 Å². The number of fused-ring (bicyclic) bond motifs is 2. The van der Waals surface area contributed by atoms with Gasteiger partial charge in [-0.05, 0) is 36.4 Å². The molecule has 4 rings (SSSR count). The molecule has 6 nitrogen and oxygen atoms in total. The Hall–Kier alpha value is -3.54. The van der Waals surface area contributed by atoms with E-state index in [0.717, 1.165) is 15.8 Å². The lowest BCUT2D eigenvalue weighted by atomic mass is 10.1. The fraction of sp³-hybridized carbons (Fsp3) is 0.0526. The first-order valence-corrected chi connectivity index (χ1v) is 7.74. The van der Waals surface area contributed by atoms with Crippen LogP contribution in [0.15, 0.2) is 60.8 Å². The highest BCUT2D eigenvalue weighted by Gasteiger charge is 2.36. The summed E-state index contributed by atoms with van der Waals surface area (Å²) in [5.74, 6) is -1.34. The van der Waals surface area contributed by atoms with Gasteiger partial charge in [-0.25, -0.2) is 0 Å². The second-order valence-corrected chi connectivity index (χ2v) is 5.67. The van der Waals surface area contributed by atoms with Crippen LogP contribution in [0.25, 0.3) is 10.9 Å². The minimum atomic E-state index is -0.449. The molecule has 0 radical (unpaired) electrons. The minimum absolute atomic E-state index is 0.328. The standard InChI is InChI=1S/C19H13N3O3/c23-17(21-16-9-3-8-15-14(16)7-4-10-20-15)11-22-18(24)12-5-1-2-6-13(12)19(22)25/h1-10H,11H2,(H,21,23). The number of amides is 3. The van der Waals surface area contributed by atoms with Crippen LogP contribution >= 0.6 is 0 Å². The Morgan fingerprint density at radius 2 is 1.64 bits per heavy atom. The SMILES string of the molecule is O=C(CN1C(=O)c2ccccc2C1=O)Nc1cccc2ncccc12. The van der Waals surface area contributed by atoms with E-state index in [2.05, 4.69) is 10.3 Å². The molecule has 122 valence electrons. The molecule has 0 unspecified atom stereocenters. The van der Waals surface area contributed by atoms with E-state index in [1.807, 2.05) is 12.1 Å². The number of hydrogen-bond acceptors (Lipinski definition) is 4. The Balaban J connectivity index is 1.55. The van der Waals surface area contributed by atoms with Gasteiger partial charge in [0.2, 0.25) is 5.91 Å². The van der Waals surface area contributed by atoms with Crippen molar-refractivity contribution in [2.45, 2.75) is 0 Å². The summed E-state index contributed by atoms with van der Waals surface area (Å²) in [7, 11) is 0. The van der Waals surface area contributed by atoms with E-state index in [0.29, 0.717) is 16.8 Å². The summed E-state index contributed by atoms with van der Waals surface area (Å²) in [5.41, 5.74) is 2.00. The quantitative estimate of drug-likeness (QED) is 0.748. The van der Waals surface area contributed by atoms with Crippen molar-refractivity contribution in [1.82, 2.24) is 9.88 Å². The van der Waals surface area contributed by atoms with E-state index in [1.165, 1.54) is 0 Å².